The van der Waals surface area contributed by atoms with E-state index in [2.05, 4.69) is 24.3 Å². The number of thioether (sulfide) groups is 1. The number of aliphatic hydroxyl groups is 2. The number of hydrogen-bond acceptors (Lipinski definition) is 6. The second-order valence-corrected chi connectivity index (χ2v) is 5.93. The van der Waals surface area contributed by atoms with Crippen LogP contribution in [0.3, 0.4) is 0 Å². The molecule has 0 atom stereocenters. The van der Waals surface area contributed by atoms with Gasteiger partial charge in [0.1, 0.15) is 19.1 Å². The molecule has 0 aliphatic rings. The number of carbonyl (C=O) groups is 2. The monoisotopic (exact) mass is 343 g/mol. The third-order valence-electron chi connectivity index (χ3n) is 2.93. The molecule has 1 rings (SSSR count). The van der Waals surface area contributed by atoms with Crippen LogP contribution in [0.2, 0.25) is 0 Å². The summed E-state index contributed by atoms with van der Waals surface area (Å²) in [6, 6.07) is 10.4. The average Bonchev–Trinajstić information content (AvgIpc) is 2.53. The smallest absolute Gasteiger partial charge is 0.175 e. The Kier molecular flexibility index (Phi) is 13.3. The molecule has 0 fully saturated rings. The summed E-state index contributed by atoms with van der Waals surface area (Å²) in [5.41, 5.74) is 1.35. The number of hydrogen-bond donors (Lipinski definition) is 3. The summed E-state index contributed by atoms with van der Waals surface area (Å²) in [7, 11) is 0. The van der Waals surface area contributed by atoms with Crippen LogP contribution < -0.4 is 10.0 Å². The van der Waals surface area contributed by atoms with Gasteiger partial charge in [-0.2, -0.15) is 11.8 Å². The van der Waals surface area contributed by atoms with E-state index in [1.54, 1.807) is 0 Å². The number of aliphatic carboxylic acids is 1. The summed E-state index contributed by atoms with van der Waals surface area (Å²) in [6.07, 6.45) is 0. The van der Waals surface area contributed by atoms with Crippen molar-refractivity contribution in [2.75, 3.05) is 38.6 Å². The maximum Gasteiger partial charge on any atom is 0.175 e. The van der Waals surface area contributed by atoms with Crippen LogP contribution in [0.25, 0.3) is 0 Å². The number of benzene rings is 1. The van der Waals surface area contributed by atoms with Crippen molar-refractivity contribution in [2.45, 2.75) is 12.7 Å². The Bertz CT molecular complexity index is 423. The van der Waals surface area contributed by atoms with Crippen LogP contribution in [-0.2, 0) is 15.3 Å². The van der Waals surface area contributed by atoms with Crippen molar-refractivity contribution in [1.29, 1.82) is 0 Å². The van der Waals surface area contributed by atoms with Crippen LogP contribution in [0.5, 0.6) is 0 Å². The van der Waals surface area contributed by atoms with Crippen LogP contribution in [0.4, 0.5) is 0 Å². The number of carbonyl (C=O) groups excluding carboxylic acids is 2. The number of nitrogens with one attached hydrogen (secondary N) is 1. The molecule has 0 radical (unpaired) electrons. The van der Waals surface area contributed by atoms with Crippen molar-refractivity contribution >= 4 is 23.5 Å². The summed E-state index contributed by atoms with van der Waals surface area (Å²) < 4.78 is 0. The van der Waals surface area contributed by atoms with Crippen molar-refractivity contribution in [3.63, 3.8) is 0 Å². The molecule has 0 heterocycles. The van der Waals surface area contributed by atoms with Crippen molar-refractivity contribution < 1.29 is 29.8 Å². The minimum atomic E-state index is -1.63. The van der Waals surface area contributed by atoms with Gasteiger partial charge >= 0.3 is 0 Å². The highest BCUT2D eigenvalue weighted by Crippen LogP contribution is 2.10. The van der Waals surface area contributed by atoms with Gasteiger partial charge in [0.15, 0.2) is 5.78 Å². The molecule has 0 saturated carbocycles. The molecular weight excluding hydrogens is 318 g/mol. The van der Waals surface area contributed by atoms with Crippen molar-refractivity contribution in [1.82, 2.24) is 0 Å². The summed E-state index contributed by atoms with van der Waals surface area (Å²) in [4.78, 5) is 20.0. The quantitative estimate of drug-likeness (QED) is 0.339. The first-order valence-electron chi connectivity index (χ1n) is 7.40. The van der Waals surface area contributed by atoms with Crippen LogP contribution in [0.1, 0.15) is 12.5 Å². The molecule has 0 unspecified atom stereocenters. The number of quaternary nitrogens is 1. The van der Waals surface area contributed by atoms with Crippen LogP contribution in [0, 0.1) is 0 Å². The Morgan fingerprint density at radius 3 is 2.04 bits per heavy atom. The number of aliphatic hydroxyl groups excluding tert-OH is 2. The Balaban J connectivity index is 0.000000688. The Morgan fingerprint density at radius 1 is 1.09 bits per heavy atom. The highest BCUT2D eigenvalue weighted by atomic mass is 32.2. The predicted octanol–water partition coefficient (Wildman–Crippen LogP) is -1.89. The number of carboxylic acid groups (broad SMARTS) is 1. The molecule has 0 spiro atoms. The maximum absolute atomic E-state index is 9.48. The Labute approximate surface area is 141 Å². The standard InChI is InChI=1S/C13H21NO2S.C3H4O3/c15-9-6-14(7-10-16)8-11-17-12-13-4-2-1-3-5-13;1-2(4)3(5)6/h1-5,15-16H,6-12H2;1H3,(H,5,6). The normalized spacial score (nSPS) is 10.1. The first kappa shape index (κ1) is 21.6. The average molecular weight is 343 g/mol. The lowest BCUT2D eigenvalue weighted by Crippen LogP contribution is -3.13. The molecule has 0 aliphatic carbocycles. The molecule has 0 amide bonds. The zero-order chi connectivity index (χ0) is 17.5. The van der Waals surface area contributed by atoms with Gasteiger partial charge in [-0.15, -0.1) is 0 Å². The third-order valence-corrected chi connectivity index (χ3v) is 3.96. The predicted molar refractivity (Wildman–Crippen MR) is 88.0 cm³/mol. The third kappa shape index (κ3) is 12.8. The van der Waals surface area contributed by atoms with Crippen molar-refractivity contribution in [3.8, 4) is 0 Å². The van der Waals surface area contributed by atoms with Gasteiger partial charge in [0.05, 0.1) is 19.8 Å². The van der Waals surface area contributed by atoms with Crippen LogP contribution >= 0.6 is 11.8 Å². The van der Waals surface area contributed by atoms with E-state index >= 15 is 0 Å². The fourth-order valence-electron chi connectivity index (χ4n) is 1.67. The molecule has 0 saturated heterocycles. The van der Waals surface area contributed by atoms with Crippen molar-refractivity contribution in [2.24, 2.45) is 0 Å². The van der Waals surface area contributed by atoms with Crippen LogP contribution in [-0.4, -0.2) is 60.6 Å². The molecule has 23 heavy (non-hydrogen) atoms. The second kappa shape index (κ2) is 14.2. The van der Waals surface area contributed by atoms with Gasteiger partial charge in [-0.3, -0.25) is 4.79 Å². The Morgan fingerprint density at radius 2 is 1.61 bits per heavy atom. The number of Topliss-reactive ketones (excluding diaryl/α,β-unsaturated/α-hetero) is 1. The van der Waals surface area contributed by atoms with E-state index in [9.17, 15) is 14.7 Å². The molecule has 0 aromatic heterocycles. The van der Waals surface area contributed by atoms with Gasteiger partial charge < -0.3 is 25.0 Å². The molecule has 3 N–H and O–H groups in total. The molecule has 0 aliphatic heterocycles. The molecular formula is C16H25NO5S. The van der Waals surface area contributed by atoms with Gasteiger partial charge in [-0.05, 0) is 5.56 Å². The lowest BCUT2D eigenvalue weighted by Gasteiger charge is -2.16. The van der Waals surface area contributed by atoms with Gasteiger partial charge in [0.25, 0.3) is 0 Å². The van der Waals surface area contributed by atoms with Gasteiger partial charge in [0, 0.05) is 18.4 Å². The van der Waals surface area contributed by atoms with E-state index in [1.807, 2.05) is 17.8 Å². The first-order valence-corrected chi connectivity index (χ1v) is 8.55. The highest BCUT2D eigenvalue weighted by Gasteiger charge is 2.06. The lowest BCUT2D eigenvalue weighted by molar-refractivity contribution is -0.898. The fraction of sp³-hybridized carbons (Fsp3) is 0.500. The van der Waals surface area contributed by atoms with E-state index in [0.717, 1.165) is 38.1 Å². The van der Waals surface area contributed by atoms with E-state index < -0.39 is 11.8 Å². The summed E-state index contributed by atoms with van der Waals surface area (Å²) in [5.74, 6) is -0.471. The largest absolute Gasteiger partial charge is 0.542 e. The molecule has 6 nitrogen and oxygen atoms in total. The molecule has 7 heteroatoms. The molecule has 1 aromatic carbocycles. The molecule has 0 bridgehead atoms. The highest BCUT2D eigenvalue weighted by molar-refractivity contribution is 7.98. The van der Waals surface area contributed by atoms with Gasteiger partial charge in [-0.1, -0.05) is 30.3 Å². The molecule has 1 aromatic rings. The maximum atomic E-state index is 9.48. The SMILES string of the molecule is CC(=O)C(=O)[O-].OCC[NH+](CCO)CCSCc1ccccc1. The van der Waals surface area contributed by atoms with Crippen molar-refractivity contribution in [3.05, 3.63) is 35.9 Å². The van der Waals surface area contributed by atoms with Gasteiger partial charge in [0.2, 0.25) is 0 Å². The topological polar surface area (TPSA) is 102 Å². The summed E-state index contributed by atoms with van der Waals surface area (Å²) in [5, 5.41) is 27.0. The van der Waals surface area contributed by atoms with E-state index in [0.29, 0.717) is 0 Å². The Hall–Kier alpha value is -1.41. The zero-order valence-electron chi connectivity index (χ0n) is 13.4. The number of ketones is 1. The number of carboxylic acids is 1. The molecule has 130 valence electrons. The minimum Gasteiger partial charge on any atom is -0.542 e. The minimum absolute atomic E-state index is 0.193. The first-order chi connectivity index (χ1) is 11.0. The summed E-state index contributed by atoms with van der Waals surface area (Å²) in [6.45, 7) is 3.78. The fourth-order valence-corrected chi connectivity index (χ4v) is 2.68. The number of rotatable bonds is 10. The zero-order valence-corrected chi connectivity index (χ0v) is 14.2. The second-order valence-electron chi connectivity index (χ2n) is 4.83. The van der Waals surface area contributed by atoms with E-state index in [4.69, 9.17) is 10.2 Å². The van der Waals surface area contributed by atoms with E-state index in [1.165, 1.54) is 10.5 Å². The lowest BCUT2D eigenvalue weighted by atomic mass is 10.2. The van der Waals surface area contributed by atoms with Crippen LogP contribution in [0.15, 0.2) is 30.3 Å². The van der Waals surface area contributed by atoms with Gasteiger partial charge in [-0.25, -0.2) is 0 Å². The van der Waals surface area contributed by atoms with E-state index in [-0.39, 0.29) is 13.2 Å². The summed E-state index contributed by atoms with van der Waals surface area (Å²) >= 11 is 1.90.